The van der Waals surface area contributed by atoms with Gasteiger partial charge in [-0.3, -0.25) is 4.79 Å². The molecule has 132 valence electrons. The van der Waals surface area contributed by atoms with Crippen LogP contribution in [-0.2, 0) is 16.1 Å². The monoisotopic (exact) mass is 348 g/mol. The molecule has 1 spiro atoms. The van der Waals surface area contributed by atoms with Crippen LogP contribution in [0.15, 0.2) is 16.8 Å². The van der Waals surface area contributed by atoms with E-state index in [4.69, 9.17) is 4.74 Å². The van der Waals surface area contributed by atoms with Crippen molar-refractivity contribution in [1.82, 2.24) is 10.2 Å². The number of rotatable bonds is 6. The minimum atomic E-state index is 0.355. The summed E-state index contributed by atoms with van der Waals surface area (Å²) in [5.74, 6) is 0.942. The third-order valence-corrected chi connectivity index (χ3v) is 6.90. The number of hydrogen-bond donors (Lipinski definition) is 1. The van der Waals surface area contributed by atoms with Gasteiger partial charge < -0.3 is 15.0 Å². The smallest absolute Gasteiger partial charge is 0.223 e. The van der Waals surface area contributed by atoms with Gasteiger partial charge in [-0.2, -0.15) is 11.3 Å². The van der Waals surface area contributed by atoms with Crippen LogP contribution < -0.4 is 5.32 Å². The SMILES string of the molecule is O=C(CC[C@@H]1CCOC1)N(Cc1ccsc1)[C@H]1CC12CCNCC2. The number of nitrogens with one attached hydrogen (secondary N) is 1. The molecule has 1 saturated carbocycles. The molecule has 4 rings (SSSR count). The predicted molar refractivity (Wildman–Crippen MR) is 96.0 cm³/mol. The van der Waals surface area contributed by atoms with Crippen LogP contribution in [0.5, 0.6) is 0 Å². The zero-order valence-electron chi connectivity index (χ0n) is 14.3. The molecular formula is C19H28N2O2S. The van der Waals surface area contributed by atoms with Crippen molar-refractivity contribution in [2.75, 3.05) is 26.3 Å². The lowest BCUT2D eigenvalue weighted by Gasteiger charge is -2.30. The fraction of sp³-hybridized carbons (Fsp3) is 0.737. The van der Waals surface area contributed by atoms with Gasteiger partial charge in [-0.25, -0.2) is 0 Å². The molecule has 0 unspecified atom stereocenters. The van der Waals surface area contributed by atoms with Crippen LogP contribution >= 0.6 is 11.3 Å². The van der Waals surface area contributed by atoms with Crippen LogP contribution in [0.2, 0.25) is 0 Å². The molecule has 3 fully saturated rings. The fourth-order valence-electron chi connectivity index (χ4n) is 4.46. The Bertz CT molecular complexity index is 548. The van der Waals surface area contributed by atoms with E-state index in [9.17, 15) is 4.79 Å². The van der Waals surface area contributed by atoms with Crippen LogP contribution in [0.25, 0.3) is 0 Å². The highest BCUT2D eigenvalue weighted by Gasteiger charge is 2.57. The van der Waals surface area contributed by atoms with Gasteiger partial charge in [0.25, 0.3) is 0 Å². The summed E-state index contributed by atoms with van der Waals surface area (Å²) in [5, 5.41) is 7.76. The van der Waals surface area contributed by atoms with Crippen molar-refractivity contribution in [2.24, 2.45) is 11.3 Å². The molecule has 2 atom stereocenters. The first kappa shape index (κ1) is 16.6. The van der Waals surface area contributed by atoms with Crippen LogP contribution in [-0.4, -0.2) is 43.2 Å². The predicted octanol–water partition coefficient (Wildman–Crippen LogP) is 3.04. The maximum Gasteiger partial charge on any atom is 0.223 e. The summed E-state index contributed by atoms with van der Waals surface area (Å²) in [7, 11) is 0. The van der Waals surface area contributed by atoms with Crippen molar-refractivity contribution >= 4 is 17.2 Å². The first-order valence-electron chi connectivity index (χ1n) is 9.36. The molecule has 0 aromatic carbocycles. The van der Waals surface area contributed by atoms with E-state index in [1.807, 2.05) is 0 Å². The maximum atomic E-state index is 13.0. The minimum Gasteiger partial charge on any atom is -0.381 e. The van der Waals surface area contributed by atoms with E-state index in [-0.39, 0.29) is 0 Å². The molecule has 0 radical (unpaired) electrons. The summed E-state index contributed by atoms with van der Waals surface area (Å²) in [6.45, 7) is 4.73. The molecule has 2 aliphatic heterocycles. The number of piperidine rings is 1. The molecule has 24 heavy (non-hydrogen) atoms. The molecule has 1 N–H and O–H groups in total. The van der Waals surface area contributed by atoms with E-state index in [2.05, 4.69) is 27.0 Å². The van der Waals surface area contributed by atoms with Crippen LogP contribution in [0, 0.1) is 11.3 Å². The quantitative estimate of drug-likeness (QED) is 0.859. The first-order valence-corrected chi connectivity index (χ1v) is 10.3. The average Bonchev–Trinajstić information content (AvgIpc) is 3.06. The molecule has 1 aliphatic carbocycles. The fourth-order valence-corrected chi connectivity index (χ4v) is 5.12. The van der Waals surface area contributed by atoms with Gasteiger partial charge in [-0.15, -0.1) is 0 Å². The Morgan fingerprint density at radius 3 is 3.00 bits per heavy atom. The molecule has 0 bridgehead atoms. The van der Waals surface area contributed by atoms with Crippen LogP contribution in [0.1, 0.15) is 44.1 Å². The lowest BCUT2D eigenvalue weighted by atomic mass is 9.93. The summed E-state index contributed by atoms with van der Waals surface area (Å²) in [4.78, 5) is 15.2. The third kappa shape index (κ3) is 3.53. The molecule has 2 saturated heterocycles. The zero-order valence-corrected chi connectivity index (χ0v) is 15.2. The number of hydrogen-bond acceptors (Lipinski definition) is 4. The summed E-state index contributed by atoms with van der Waals surface area (Å²) in [5.41, 5.74) is 1.70. The van der Waals surface area contributed by atoms with E-state index in [0.29, 0.717) is 29.7 Å². The van der Waals surface area contributed by atoms with Crippen molar-refractivity contribution in [2.45, 2.75) is 51.1 Å². The Hall–Kier alpha value is -0.910. The van der Waals surface area contributed by atoms with Crippen molar-refractivity contribution in [3.63, 3.8) is 0 Å². The Balaban J connectivity index is 1.40. The molecular weight excluding hydrogens is 320 g/mol. The second-order valence-corrected chi connectivity index (χ2v) is 8.53. The second-order valence-electron chi connectivity index (χ2n) is 7.75. The summed E-state index contributed by atoms with van der Waals surface area (Å²) in [6, 6.07) is 2.62. The van der Waals surface area contributed by atoms with Gasteiger partial charge in [0.05, 0.1) is 0 Å². The first-order chi connectivity index (χ1) is 11.8. The van der Waals surface area contributed by atoms with Gasteiger partial charge in [0.1, 0.15) is 0 Å². The Morgan fingerprint density at radius 2 is 2.29 bits per heavy atom. The second kappa shape index (κ2) is 7.14. The van der Waals surface area contributed by atoms with Gasteiger partial charge in [-0.1, -0.05) is 0 Å². The number of nitrogens with zero attached hydrogens (tertiary/aromatic N) is 1. The lowest BCUT2D eigenvalue weighted by molar-refractivity contribution is -0.133. The minimum absolute atomic E-state index is 0.355. The van der Waals surface area contributed by atoms with Crippen molar-refractivity contribution in [1.29, 1.82) is 0 Å². The van der Waals surface area contributed by atoms with E-state index < -0.39 is 0 Å². The highest BCUT2D eigenvalue weighted by Crippen LogP contribution is 2.56. The molecule has 3 heterocycles. The van der Waals surface area contributed by atoms with Crippen molar-refractivity contribution in [3.05, 3.63) is 22.4 Å². The number of thiophene rings is 1. The highest BCUT2D eigenvalue weighted by molar-refractivity contribution is 7.07. The molecule has 4 nitrogen and oxygen atoms in total. The topological polar surface area (TPSA) is 41.6 Å². The number of ether oxygens (including phenoxy) is 1. The van der Waals surface area contributed by atoms with E-state index in [1.165, 1.54) is 24.8 Å². The van der Waals surface area contributed by atoms with E-state index >= 15 is 0 Å². The average molecular weight is 349 g/mol. The number of carbonyl (C=O) groups is 1. The number of carbonyl (C=O) groups excluding carboxylic acids is 1. The van der Waals surface area contributed by atoms with Crippen molar-refractivity contribution in [3.8, 4) is 0 Å². The Morgan fingerprint density at radius 1 is 1.42 bits per heavy atom. The Kier molecular flexibility index (Phi) is 4.93. The molecule has 1 amide bonds. The van der Waals surface area contributed by atoms with Gasteiger partial charge in [0.15, 0.2) is 0 Å². The summed E-state index contributed by atoms with van der Waals surface area (Å²) < 4.78 is 5.45. The molecule has 1 aromatic heterocycles. The van der Waals surface area contributed by atoms with E-state index in [1.54, 1.807) is 11.3 Å². The van der Waals surface area contributed by atoms with Crippen LogP contribution in [0.4, 0.5) is 0 Å². The summed E-state index contributed by atoms with van der Waals surface area (Å²) >= 11 is 1.72. The zero-order chi connectivity index (χ0) is 16.4. The standard InChI is InChI=1S/C19H28N2O2S/c22-18(2-1-15-3-9-23-13-15)21(12-16-4-10-24-14-16)17-11-19(17)5-7-20-8-6-19/h4,10,14-15,17,20H,1-3,5-9,11-13H2/t15-,17+/m1/s1. The van der Waals surface area contributed by atoms with Crippen molar-refractivity contribution < 1.29 is 9.53 Å². The largest absolute Gasteiger partial charge is 0.381 e. The maximum absolute atomic E-state index is 13.0. The number of amides is 1. The molecule has 1 aromatic rings. The molecule has 5 heteroatoms. The van der Waals surface area contributed by atoms with Crippen LogP contribution in [0.3, 0.4) is 0 Å². The molecule has 3 aliphatic rings. The highest BCUT2D eigenvalue weighted by atomic mass is 32.1. The normalized spacial score (nSPS) is 28.2. The summed E-state index contributed by atoms with van der Waals surface area (Å²) in [6.07, 6.45) is 6.44. The Labute approximate surface area is 148 Å². The van der Waals surface area contributed by atoms with Gasteiger partial charge in [0.2, 0.25) is 5.91 Å². The van der Waals surface area contributed by atoms with E-state index in [0.717, 1.165) is 45.7 Å². The third-order valence-electron chi connectivity index (χ3n) is 6.17. The van der Waals surface area contributed by atoms with Gasteiger partial charge in [-0.05, 0) is 78.9 Å². The van der Waals surface area contributed by atoms with Gasteiger partial charge in [0, 0.05) is 32.2 Å². The lowest BCUT2D eigenvalue weighted by Crippen LogP contribution is -2.39. The van der Waals surface area contributed by atoms with Gasteiger partial charge >= 0.3 is 0 Å².